The summed E-state index contributed by atoms with van der Waals surface area (Å²) in [5.74, 6) is -0.824. The molecule has 0 atom stereocenters. The number of Topliss-reactive ketones (excluding diaryl/α,β-unsaturated/α-hetero) is 1. The minimum atomic E-state index is -0.631. The first-order chi connectivity index (χ1) is 23.0. The van der Waals surface area contributed by atoms with Crippen molar-refractivity contribution in [2.75, 3.05) is 50.7 Å². The van der Waals surface area contributed by atoms with Gasteiger partial charge in [0.05, 0.1) is 16.8 Å². The van der Waals surface area contributed by atoms with E-state index in [-0.39, 0.29) is 23.1 Å². The number of benzene rings is 1. The van der Waals surface area contributed by atoms with E-state index in [0.29, 0.717) is 80.3 Å². The van der Waals surface area contributed by atoms with Gasteiger partial charge >= 0.3 is 0 Å². The zero-order chi connectivity index (χ0) is 32.3. The Morgan fingerprint density at radius 1 is 1.00 bits per heavy atom. The smallest absolute Gasteiger partial charge is 0.295 e. The highest BCUT2D eigenvalue weighted by molar-refractivity contribution is 6.45. The number of tetrazole rings is 1. The Bertz CT molecular complexity index is 1940. The fourth-order valence-electron chi connectivity index (χ4n) is 5.99. The molecule has 0 saturated carbocycles. The van der Waals surface area contributed by atoms with E-state index in [9.17, 15) is 19.2 Å². The van der Waals surface area contributed by atoms with Crippen LogP contribution in [0.2, 0.25) is 0 Å². The Hall–Kier alpha value is -5.93. The van der Waals surface area contributed by atoms with Crippen LogP contribution >= 0.6 is 0 Å². The topological polar surface area (TPSA) is 191 Å². The quantitative estimate of drug-likeness (QED) is 0.114. The van der Waals surface area contributed by atoms with Crippen LogP contribution in [-0.2, 0) is 9.59 Å². The molecule has 2 saturated heterocycles. The lowest BCUT2D eigenvalue weighted by atomic mass is 10.1. The van der Waals surface area contributed by atoms with E-state index in [1.807, 2.05) is 40.1 Å². The molecule has 240 valence electrons. The second-order valence-corrected chi connectivity index (χ2v) is 11.4. The molecule has 0 bridgehead atoms. The van der Waals surface area contributed by atoms with Crippen molar-refractivity contribution in [1.82, 2.24) is 55.5 Å². The Labute approximate surface area is 268 Å². The van der Waals surface area contributed by atoms with E-state index < -0.39 is 11.7 Å². The number of H-pyrrole nitrogens is 2. The van der Waals surface area contributed by atoms with Gasteiger partial charge in [-0.05, 0) is 47.5 Å². The number of carbonyl (C=O) groups is 4. The molecule has 0 radical (unpaired) electrons. The molecule has 7 rings (SSSR count). The Balaban J connectivity index is 0.986. The van der Waals surface area contributed by atoms with Crippen molar-refractivity contribution in [1.29, 1.82) is 0 Å². The summed E-state index contributed by atoms with van der Waals surface area (Å²) in [4.78, 5) is 64.1. The predicted molar refractivity (Wildman–Crippen MR) is 169 cm³/mol. The molecule has 16 nitrogen and oxygen atoms in total. The summed E-state index contributed by atoms with van der Waals surface area (Å²) in [6, 6.07) is 12.8. The van der Waals surface area contributed by atoms with E-state index in [0.717, 1.165) is 18.7 Å². The standard InChI is InChI=1S/C31H32N12O4/c44-25-8-4-12-40(25)13-5-10-33-29(46)24-18-23(35-36-24)27-26-21(9-11-32-27)22(19-34-26)28(45)30(47)41-14-16-42(17-15-41)31-37-38-39-43(31)20-6-2-1-3-7-20/h1-3,6-7,9,11,18-19,34H,4-5,8,10,12-17H2,(H,33,46)(H,35,36). The fraction of sp³-hybridized carbons (Fsp3) is 0.323. The van der Waals surface area contributed by atoms with Gasteiger partial charge in [0.1, 0.15) is 17.1 Å². The maximum atomic E-state index is 13.5. The Morgan fingerprint density at radius 3 is 2.62 bits per heavy atom. The molecule has 47 heavy (non-hydrogen) atoms. The van der Waals surface area contributed by atoms with Crippen LogP contribution < -0.4 is 10.2 Å². The first-order valence-corrected chi connectivity index (χ1v) is 15.5. The summed E-state index contributed by atoms with van der Waals surface area (Å²) in [6.45, 7) is 3.38. The first kappa shape index (κ1) is 29.8. The van der Waals surface area contributed by atoms with Crippen LogP contribution in [0.15, 0.2) is 54.9 Å². The number of rotatable bonds is 10. The lowest BCUT2D eigenvalue weighted by Crippen LogP contribution is -2.51. The van der Waals surface area contributed by atoms with E-state index in [1.165, 1.54) is 17.3 Å². The van der Waals surface area contributed by atoms with Crippen molar-refractivity contribution in [3.8, 4) is 17.1 Å². The normalized spacial score (nSPS) is 15.1. The molecule has 2 fully saturated rings. The highest BCUT2D eigenvalue weighted by Gasteiger charge is 2.30. The molecule has 6 heterocycles. The van der Waals surface area contributed by atoms with Gasteiger partial charge in [0.2, 0.25) is 11.9 Å². The number of aromatic nitrogens is 8. The zero-order valence-corrected chi connectivity index (χ0v) is 25.4. The van der Waals surface area contributed by atoms with Crippen molar-refractivity contribution in [2.45, 2.75) is 19.3 Å². The van der Waals surface area contributed by atoms with Crippen LogP contribution in [0.3, 0.4) is 0 Å². The minimum Gasteiger partial charge on any atom is -0.359 e. The van der Waals surface area contributed by atoms with Crippen LogP contribution in [-0.4, -0.2) is 119 Å². The summed E-state index contributed by atoms with van der Waals surface area (Å²) < 4.78 is 1.65. The van der Waals surface area contributed by atoms with E-state index in [4.69, 9.17) is 0 Å². The average Bonchev–Trinajstić information content (AvgIpc) is 3.93. The van der Waals surface area contributed by atoms with Crippen molar-refractivity contribution in [3.63, 3.8) is 0 Å². The lowest BCUT2D eigenvalue weighted by Gasteiger charge is -2.34. The summed E-state index contributed by atoms with van der Waals surface area (Å²) in [6.07, 6.45) is 5.17. The third-order valence-electron chi connectivity index (χ3n) is 8.47. The molecule has 2 aliphatic rings. The highest BCUT2D eigenvalue weighted by atomic mass is 16.2. The molecule has 4 aromatic heterocycles. The van der Waals surface area contributed by atoms with Crippen molar-refractivity contribution < 1.29 is 19.2 Å². The van der Waals surface area contributed by atoms with Gasteiger partial charge in [0.25, 0.3) is 17.6 Å². The number of pyridine rings is 1. The summed E-state index contributed by atoms with van der Waals surface area (Å²) >= 11 is 0. The maximum Gasteiger partial charge on any atom is 0.295 e. The van der Waals surface area contributed by atoms with Gasteiger partial charge in [-0.1, -0.05) is 23.3 Å². The van der Waals surface area contributed by atoms with Crippen molar-refractivity contribution in [3.05, 3.63) is 66.1 Å². The number of hydrogen-bond donors (Lipinski definition) is 3. The van der Waals surface area contributed by atoms with Gasteiger partial charge in [-0.25, -0.2) is 0 Å². The van der Waals surface area contributed by atoms with Gasteiger partial charge in [0.15, 0.2) is 0 Å². The number of nitrogens with one attached hydrogen (secondary N) is 3. The largest absolute Gasteiger partial charge is 0.359 e. The lowest BCUT2D eigenvalue weighted by molar-refractivity contribution is -0.128. The molecule has 2 aliphatic heterocycles. The fourth-order valence-corrected chi connectivity index (χ4v) is 5.99. The number of amides is 3. The van der Waals surface area contributed by atoms with Gasteiger partial charge in [-0.3, -0.25) is 29.3 Å². The van der Waals surface area contributed by atoms with Gasteiger partial charge in [0, 0.05) is 70.0 Å². The molecule has 0 aliphatic carbocycles. The third-order valence-corrected chi connectivity index (χ3v) is 8.47. The average molecular weight is 637 g/mol. The number of ketones is 1. The summed E-state index contributed by atoms with van der Waals surface area (Å²) in [5.41, 5.74) is 2.67. The van der Waals surface area contributed by atoms with Crippen molar-refractivity contribution >= 4 is 40.4 Å². The summed E-state index contributed by atoms with van der Waals surface area (Å²) in [7, 11) is 0. The number of piperazine rings is 1. The molecule has 0 unspecified atom stereocenters. The molecular formula is C31H32N12O4. The van der Waals surface area contributed by atoms with Crippen LogP contribution in [0.5, 0.6) is 0 Å². The predicted octanol–water partition coefficient (Wildman–Crippen LogP) is 1.20. The number of hydrogen-bond acceptors (Lipinski definition) is 10. The van der Waals surface area contributed by atoms with Crippen molar-refractivity contribution in [2.24, 2.45) is 0 Å². The van der Waals surface area contributed by atoms with E-state index in [2.05, 4.69) is 41.0 Å². The molecular weight excluding hydrogens is 604 g/mol. The Kier molecular flexibility index (Phi) is 8.12. The SMILES string of the molecule is O=C(NCCCN1CCCC1=O)c1cc(-c2nccc3c(C(=O)C(=O)N4CCN(c5nnnn5-c5ccccc5)CC4)c[nH]c23)n[nH]1. The van der Waals surface area contributed by atoms with Gasteiger partial charge < -0.3 is 25.0 Å². The van der Waals surface area contributed by atoms with Gasteiger partial charge in [-0.2, -0.15) is 9.78 Å². The second kappa shape index (κ2) is 12.8. The monoisotopic (exact) mass is 636 g/mol. The third kappa shape index (κ3) is 5.92. The minimum absolute atomic E-state index is 0.160. The number of aromatic amines is 2. The number of nitrogens with zero attached hydrogens (tertiary/aromatic N) is 9. The number of carbonyl (C=O) groups excluding carboxylic acids is 4. The molecule has 1 aromatic carbocycles. The van der Waals surface area contributed by atoms with Crippen LogP contribution in [0.25, 0.3) is 28.0 Å². The number of anilines is 1. The number of para-hydroxylation sites is 1. The van der Waals surface area contributed by atoms with Crippen LogP contribution in [0, 0.1) is 0 Å². The molecule has 0 spiro atoms. The molecule has 5 aromatic rings. The van der Waals surface area contributed by atoms with Crippen LogP contribution in [0.4, 0.5) is 5.95 Å². The van der Waals surface area contributed by atoms with Crippen LogP contribution in [0.1, 0.15) is 40.1 Å². The van der Waals surface area contributed by atoms with E-state index in [1.54, 1.807) is 16.8 Å². The molecule has 3 amide bonds. The number of fused-ring (bicyclic) bond motifs is 1. The van der Waals surface area contributed by atoms with E-state index >= 15 is 0 Å². The molecule has 16 heteroatoms. The number of likely N-dealkylation sites (tertiary alicyclic amines) is 1. The highest BCUT2D eigenvalue weighted by Crippen LogP contribution is 2.28. The maximum absolute atomic E-state index is 13.5. The first-order valence-electron chi connectivity index (χ1n) is 15.5. The second-order valence-electron chi connectivity index (χ2n) is 11.4. The molecule has 3 N–H and O–H groups in total. The Morgan fingerprint density at radius 2 is 1.83 bits per heavy atom. The summed E-state index contributed by atoms with van der Waals surface area (Å²) in [5, 5.41) is 22.5. The van der Waals surface area contributed by atoms with Gasteiger partial charge in [-0.15, -0.1) is 0 Å². The zero-order valence-electron chi connectivity index (χ0n) is 25.4.